The van der Waals surface area contributed by atoms with Crippen LogP contribution < -0.4 is 0 Å². The van der Waals surface area contributed by atoms with Crippen LogP contribution in [-0.4, -0.2) is 37.8 Å². The topological polar surface area (TPSA) is 37.3 Å². The van der Waals surface area contributed by atoms with E-state index in [9.17, 15) is 0 Å². The summed E-state index contributed by atoms with van der Waals surface area (Å²) in [6, 6.07) is 0. The molecular formula is CH2BiO2. The molecule has 23 valence electrons. The third kappa shape index (κ3) is 34.6. The van der Waals surface area contributed by atoms with Crippen molar-refractivity contribution in [1.82, 2.24) is 0 Å². The van der Waals surface area contributed by atoms with Crippen molar-refractivity contribution in [3.8, 4) is 0 Å². The molecule has 0 aromatic carbocycles. The summed E-state index contributed by atoms with van der Waals surface area (Å²) in [5.74, 6) is 0. The van der Waals surface area contributed by atoms with Gasteiger partial charge in [-0.1, -0.05) is 0 Å². The smallest absolute Gasteiger partial charge is 0.290 e. The average Bonchev–Trinajstić information content (AvgIpc) is 0.918. The Morgan fingerprint density at radius 3 is 1.75 bits per heavy atom. The van der Waals surface area contributed by atoms with Gasteiger partial charge in [-0.3, -0.25) is 4.79 Å². The van der Waals surface area contributed by atoms with Crippen LogP contribution in [-0.2, 0) is 4.79 Å². The Hall–Kier alpha value is 0.353. The van der Waals surface area contributed by atoms with E-state index < -0.39 is 0 Å². The second kappa shape index (κ2) is 10.1. The second-order valence-electron chi connectivity index (χ2n) is 0.105. The van der Waals surface area contributed by atoms with E-state index >= 15 is 0 Å². The van der Waals surface area contributed by atoms with Crippen molar-refractivity contribution in [3.63, 3.8) is 0 Å². The van der Waals surface area contributed by atoms with Gasteiger partial charge in [0.25, 0.3) is 6.47 Å². The van der Waals surface area contributed by atoms with Crippen LogP contribution in [0.5, 0.6) is 0 Å². The van der Waals surface area contributed by atoms with Crippen LogP contribution in [0, 0.1) is 0 Å². The number of carboxylic acid groups (broad SMARTS) is 1. The molecule has 0 aliphatic carbocycles. The summed E-state index contributed by atoms with van der Waals surface area (Å²) in [6.45, 7) is -0.250. The zero-order valence-electron chi connectivity index (χ0n) is 1.88. The van der Waals surface area contributed by atoms with Gasteiger partial charge in [0.1, 0.15) is 0 Å². The van der Waals surface area contributed by atoms with Gasteiger partial charge in [0, 0.05) is 26.2 Å². The molecular weight excluding hydrogens is 253 g/mol. The van der Waals surface area contributed by atoms with Gasteiger partial charge >= 0.3 is 0 Å². The first-order valence-corrected chi connectivity index (χ1v) is 0.494. The van der Waals surface area contributed by atoms with Gasteiger partial charge in [-0.2, -0.15) is 0 Å². The quantitative estimate of drug-likeness (QED) is 0.460. The summed E-state index contributed by atoms with van der Waals surface area (Å²) in [5.41, 5.74) is 0. The van der Waals surface area contributed by atoms with Crippen molar-refractivity contribution in [1.29, 1.82) is 0 Å². The van der Waals surface area contributed by atoms with Crippen LogP contribution >= 0.6 is 0 Å². The SMILES string of the molecule is O=CO.[Bi]. The molecule has 0 fully saturated rings. The Kier molecular flexibility index (Phi) is 22.4. The molecule has 0 bridgehead atoms. The molecule has 0 aliphatic heterocycles. The summed E-state index contributed by atoms with van der Waals surface area (Å²) in [5, 5.41) is 6.89. The molecule has 0 atom stereocenters. The van der Waals surface area contributed by atoms with Crippen LogP contribution in [0.3, 0.4) is 0 Å². The van der Waals surface area contributed by atoms with Gasteiger partial charge in [-0.15, -0.1) is 0 Å². The van der Waals surface area contributed by atoms with E-state index in [-0.39, 0.29) is 32.7 Å². The summed E-state index contributed by atoms with van der Waals surface area (Å²) < 4.78 is 0. The van der Waals surface area contributed by atoms with Crippen molar-refractivity contribution in [2.24, 2.45) is 0 Å². The van der Waals surface area contributed by atoms with Gasteiger partial charge < -0.3 is 5.11 Å². The fourth-order valence-electron chi connectivity index (χ4n) is 0. The molecule has 0 rings (SSSR count). The van der Waals surface area contributed by atoms with Crippen molar-refractivity contribution in [3.05, 3.63) is 0 Å². The van der Waals surface area contributed by atoms with Crippen LogP contribution in [0.2, 0.25) is 0 Å². The van der Waals surface area contributed by atoms with Gasteiger partial charge in [0.15, 0.2) is 0 Å². The van der Waals surface area contributed by atoms with E-state index in [1.54, 1.807) is 0 Å². The molecule has 0 spiro atoms. The standard InChI is InChI=1S/CH2O2.Bi/c2-1-3;/h1H,(H,2,3);. The zero-order valence-corrected chi connectivity index (χ0v) is 5.36. The molecule has 2 nitrogen and oxygen atoms in total. The Balaban J connectivity index is 0. The van der Waals surface area contributed by atoms with E-state index in [1.165, 1.54) is 0 Å². The van der Waals surface area contributed by atoms with Gasteiger partial charge in [-0.25, -0.2) is 0 Å². The number of hydrogen-bond donors (Lipinski definition) is 1. The minimum Gasteiger partial charge on any atom is -0.483 e. The monoisotopic (exact) mass is 255 g/mol. The number of carbonyl (C=O) groups is 1. The molecule has 0 amide bonds. The molecule has 0 aromatic rings. The second-order valence-corrected chi connectivity index (χ2v) is 0.105. The summed E-state index contributed by atoms with van der Waals surface area (Å²) >= 11 is 0. The van der Waals surface area contributed by atoms with E-state index in [2.05, 4.69) is 0 Å². The van der Waals surface area contributed by atoms with Crippen LogP contribution in [0.25, 0.3) is 0 Å². The molecule has 1 N–H and O–H groups in total. The van der Waals surface area contributed by atoms with Gasteiger partial charge in [0.2, 0.25) is 0 Å². The Bertz CT molecular complexity index is 13.5. The summed E-state index contributed by atoms with van der Waals surface area (Å²) in [7, 11) is 0. The van der Waals surface area contributed by atoms with Crippen molar-refractivity contribution in [2.45, 2.75) is 0 Å². The molecule has 0 aromatic heterocycles. The fourth-order valence-corrected chi connectivity index (χ4v) is 0. The number of rotatable bonds is 0. The molecule has 0 heterocycles. The average molecular weight is 255 g/mol. The maximum Gasteiger partial charge on any atom is 0.290 e. The van der Waals surface area contributed by atoms with Crippen molar-refractivity contribution >= 4 is 32.7 Å². The van der Waals surface area contributed by atoms with E-state index in [4.69, 9.17) is 9.90 Å². The van der Waals surface area contributed by atoms with E-state index in [1.807, 2.05) is 0 Å². The Labute approximate surface area is 42.9 Å². The first-order valence-electron chi connectivity index (χ1n) is 0.494. The van der Waals surface area contributed by atoms with Crippen molar-refractivity contribution in [2.75, 3.05) is 0 Å². The molecule has 0 aliphatic rings. The largest absolute Gasteiger partial charge is 0.483 e. The van der Waals surface area contributed by atoms with Crippen LogP contribution in [0.15, 0.2) is 0 Å². The van der Waals surface area contributed by atoms with Crippen LogP contribution in [0.1, 0.15) is 0 Å². The first-order chi connectivity index (χ1) is 1.41. The van der Waals surface area contributed by atoms with E-state index in [0.717, 1.165) is 0 Å². The first kappa shape index (κ1) is 8.84. The normalized spacial score (nSPS) is 3.00. The van der Waals surface area contributed by atoms with Gasteiger partial charge in [0.05, 0.1) is 0 Å². The van der Waals surface area contributed by atoms with Crippen LogP contribution in [0.4, 0.5) is 0 Å². The molecule has 3 radical (unpaired) electrons. The fraction of sp³-hybridized carbons (Fsp3) is 0. The molecule has 4 heavy (non-hydrogen) atoms. The van der Waals surface area contributed by atoms with Gasteiger partial charge in [-0.05, 0) is 0 Å². The molecule has 0 saturated heterocycles. The maximum atomic E-state index is 8.36. The minimum absolute atomic E-state index is 0. The minimum atomic E-state index is -0.250. The molecule has 0 saturated carbocycles. The Morgan fingerprint density at radius 1 is 1.75 bits per heavy atom. The predicted octanol–water partition coefficient (Wildman–Crippen LogP) is -0.680. The summed E-state index contributed by atoms with van der Waals surface area (Å²) in [6.07, 6.45) is 0. The number of hydrogen-bond acceptors (Lipinski definition) is 1. The molecule has 3 heteroatoms. The summed E-state index contributed by atoms with van der Waals surface area (Å²) in [4.78, 5) is 8.36. The third-order valence-electron chi connectivity index (χ3n) is 0. The Morgan fingerprint density at radius 2 is 1.75 bits per heavy atom. The zero-order chi connectivity index (χ0) is 2.71. The van der Waals surface area contributed by atoms with Crippen molar-refractivity contribution < 1.29 is 9.90 Å². The molecule has 0 unspecified atom stereocenters. The third-order valence-corrected chi connectivity index (χ3v) is 0. The van der Waals surface area contributed by atoms with E-state index in [0.29, 0.717) is 0 Å². The maximum absolute atomic E-state index is 8.36. The predicted molar refractivity (Wildman–Crippen MR) is 14.4 cm³/mol.